The molecule has 0 bridgehead atoms. The number of hydrogen-bond donors (Lipinski definition) is 1. The van der Waals surface area contributed by atoms with Crippen molar-refractivity contribution >= 4 is 16.6 Å². The number of aryl methyl sites for hydroxylation is 1. The van der Waals surface area contributed by atoms with Crippen LogP contribution in [0.25, 0.3) is 0 Å². The van der Waals surface area contributed by atoms with Crippen LogP contribution in [0.2, 0.25) is 0 Å². The average Bonchev–Trinajstić information content (AvgIpc) is 2.52. The van der Waals surface area contributed by atoms with Crippen molar-refractivity contribution in [1.29, 1.82) is 0 Å². The summed E-state index contributed by atoms with van der Waals surface area (Å²) >= 11 is 0. The summed E-state index contributed by atoms with van der Waals surface area (Å²) < 4.78 is 12.6. The summed E-state index contributed by atoms with van der Waals surface area (Å²) in [5, 5.41) is 10.9. The van der Waals surface area contributed by atoms with E-state index in [1.165, 1.54) is 12.2 Å². The molecule has 2 aromatic carbocycles. The standard InChI is InChI=1S/C18H16O3S/c1-13-6-8-14(9-7-13)22(21)12-18(20)11-10-17(19)15-4-2-3-5-16(15)18/h2-11,20H,12H2,1H3/t18-,22+/m0/s1. The number of allylic oxidation sites excluding steroid dienone is 1. The molecule has 2 aromatic rings. The van der Waals surface area contributed by atoms with Crippen LogP contribution < -0.4 is 0 Å². The van der Waals surface area contributed by atoms with E-state index in [1.54, 1.807) is 36.4 Å². The zero-order valence-electron chi connectivity index (χ0n) is 12.2. The molecule has 3 nitrogen and oxygen atoms in total. The van der Waals surface area contributed by atoms with Gasteiger partial charge in [-0.05, 0) is 36.8 Å². The highest BCUT2D eigenvalue weighted by atomic mass is 32.2. The Kier molecular flexibility index (Phi) is 3.81. The number of carbonyl (C=O) groups excluding carboxylic acids is 1. The molecule has 0 aliphatic heterocycles. The van der Waals surface area contributed by atoms with Crippen LogP contribution in [-0.4, -0.2) is 20.9 Å². The van der Waals surface area contributed by atoms with Gasteiger partial charge in [0.25, 0.3) is 0 Å². The monoisotopic (exact) mass is 312 g/mol. The molecule has 0 saturated heterocycles. The number of benzene rings is 2. The Hall–Kier alpha value is -2.04. The van der Waals surface area contributed by atoms with Crippen molar-refractivity contribution < 1.29 is 14.1 Å². The van der Waals surface area contributed by atoms with E-state index in [0.29, 0.717) is 16.0 Å². The molecule has 0 aromatic heterocycles. The van der Waals surface area contributed by atoms with E-state index in [1.807, 2.05) is 19.1 Å². The minimum absolute atomic E-state index is 0.0247. The molecular formula is C18H16O3S. The van der Waals surface area contributed by atoms with Crippen molar-refractivity contribution in [1.82, 2.24) is 0 Å². The summed E-state index contributed by atoms with van der Waals surface area (Å²) in [6.07, 6.45) is 2.80. The summed E-state index contributed by atoms with van der Waals surface area (Å²) in [4.78, 5) is 12.6. The van der Waals surface area contributed by atoms with E-state index in [-0.39, 0.29) is 11.5 Å². The fourth-order valence-corrected chi connectivity index (χ4v) is 3.83. The normalized spacial score (nSPS) is 21.5. The lowest BCUT2D eigenvalue weighted by atomic mass is 9.85. The van der Waals surface area contributed by atoms with Gasteiger partial charge in [0.15, 0.2) is 5.78 Å². The van der Waals surface area contributed by atoms with Crippen LogP contribution >= 0.6 is 0 Å². The Bertz CT molecular complexity index is 777. The predicted octanol–water partition coefficient (Wildman–Crippen LogP) is 2.74. The van der Waals surface area contributed by atoms with Gasteiger partial charge in [-0.1, -0.05) is 42.0 Å². The first-order valence-electron chi connectivity index (χ1n) is 7.00. The van der Waals surface area contributed by atoms with Gasteiger partial charge in [-0.15, -0.1) is 0 Å². The lowest BCUT2D eigenvalue weighted by molar-refractivity contribution is 0.0946. The van der Waals surface area contributed by atoms with Crippen molar-refractivity contribution in [3.05, 3.63) is 77.4 Å². The van der Waals surface area contributed by atoms with E-state index in [9.17, 15) is 14.1 Å². The second-order valence-corrected chi connectivity index (χ2v) is 6.92. The van der Waals surface area contributed by atoms with E-state index < -0.39 is 16.4 Å². The van der Waals surface area contributed by atoms with Crippen LogP contribution in [0.1, 0.15) is 21.5 Å². The van der Waals surface area contributed by atoms with E-state index in [0.717, 1.165) is 5.56 Å². The molecule has 0 radical (unpaired) electrons. The molecule has 1 N–H and O–H groups in total. The van der Waals surface area contributed by atoms with Crippen LogP contribution in [0.5, 0.6) is 0 Å². The van der Waals surface area contributed by atoms with Crippen molar-refractivity contribution in [3.63, 3.8) is 0 Å². The SMILES string of the molecule is Cc1ccc([S@](=O)C[C@@]2(O)C=CC(=O)c3ccccc32)cc1. The molecule has 3 rings (SSSR count). The number of fused-ring (bicyclic) bond motifs is 1. The molecule has 0 amide bonds. The van der Waals surface area contributed by atoms with Crippen molar-refractivity contribution in [2.45, 2.75) is 17.4 Å². The van der Waals surface area contributed by atoms with Gasteiger partial charge >= 0.3 is 0 Å². The zero-order valence-corrected chi connectivity index (χ0v) is 13.0. The lowest BCUT2D eigenvalue weighted by Gasteiger charge is -2.29. The Morgan fingerprint density at radius 3 is 2.50 bits per heavy atom. The summed E-state index contributed by atoms with van der Waals surface area (Å²) in [7, 11) is -1.36. The van der Waals surface area contributed by atoms with E-state index in [2.05, 4.69) is 0 Å². The van der Waals surface area contributed by atoms with Crippen LogP contribution in [-0.2, 0) is 16.4 Å². The first-order chi connectivity index (χ1) is 10.5. The van der Waals surface area contributed by atoms with Gasteiger partial charge in [0, 0.05) is 10.5 Å². The first-order valence-corrected chi connectivity index (χ1v) is 8.32. The van der Waals surface area contributed by atoms with Crippen LogP contribution in [0.3, 0.4) is 0 Å². The molecule has 2 atom stereocenters. The topological polar surface area (TPSA) is 54.4 Å². The van der Waals surface area contributed by atoms with Gasteiger partial charge in [0.2, 0.25) is 0 Å². The third-order valence-corrected chi connectivity index (χ3v) is 5.30. The second-order valence-electron chi connectivity index (χ2n) is 5.47. The van der Waals surface area contributed by atoms with E-state index >= 15 is 0 Å². The van der Waals surface area contributed by atoms with Crippen molar-refractivity contribution in [2.24, 2.45) is 0 Å². The van der Waals surface area contributed by atoms with Crippen LogP contribution in [0.4, 0.5) is 0 Å². The van der Waals surface area contributed by atoms with Gasteiger partial charge in [-0.25, -0.2) is 0 Å². The van der Waals surface area contributed by atoms with Gasteiger partial charge in [-0.3, -0.25) is 9.00 Å². The molecule has 1 aliphatic rings. The van der Waals surface area contributed by atoms with Crippen molar-refractivity contribution in [3.8, 4) is 0 Å². The Labute approximate surface area is 131 Å². The molecule has 22 heavy (non-hydrogen) atoms. The zero-order chi connectivity index (χ0) is 15.7. The predicted molar refractivity (Wildman–Crippen MR) is 86.3 cm³/mol. The maximum Gasteiger partial charge on any atom is 0.186 e. The third kappa shape index (κ3) is 2.67. The molecule has 4 heteroatoms. The number of aliphatic hydroxyl groups is 1. The van der Waals surface area contributed by atoms with E-state index in [4.69, 9.17) is 0 Å². The molecule has 0 fully saturated rings. The fourth-order valence-electron chi connectivity index (χ4n) is 2.57. The molecule has 0 unspecified atom stereocenters. The molecular weight excluding hydrogens is 296 g/mol. The van der Waals surface area contributed by atoms with Crippen molar-refractivity contribution in [2.75, 3.05) is 5.75 Å². The maximum atomic E-state index is 12.6. The Morgan fingerprint density at radius 1 is 1.09 bits per heavy atom. The largest absolute Gasteiger partial charge is 0.380 e. The molecule has 1 aliphatic carbocycles. The summed E-state index contributed by atoms with van der Waals surface area (Å²) in [6.45, 7) is 1.96. The van der Waals surface area contributed by atoms with Crippen LogP contribution in [0, 0.1) is 6.92 Å². The van der Waals surface area contributed by atoms with Gasteiger partial charge in [0.1, 0.15) is 5.60 Å². The number of ketones is 1. The first kappa shape index (κ1) is 14.9. The van der Waals surface area contributed by atoms with Crippen LogP contribution in [0.15, 0.2) is 65.6 Å². The number of rotatable bonds is 3. The molecule has 0 saturated carbocycles. The smallest absolute Gasteiger partial charge is 0.186 e. The molecule has 112 valence electrons. The summed E-state index contributed by atoms with van der Waals surface area (Å²) in [5.41, 5.74) is 0.685. The molecule has 0 heterocycles. The van der Waals surface area contributed by atoms with Gasteiger partial charge in [-0.2, -0.15) is 0 Å². The molecule has 0 spiro atoms. The Balaban J connectivity index is 1.94. The summed E-state index contributed by atoms with van der Waals surface area (Å²) in [5.74, 6) is -0.113. The minimum atomic E-state index is -1.39. The lowest BCUT2D eigenvalue weighted by Crippen LogP contribution is -2.34. The highest BCUT2D eigenvalue weighted by molar-refractivity contribution is 7.85. The quantitative estimate of drug-likeness (QED) is 0.948. The van der Waals surface area contributed by atoms with Gasteiger partial charge < -0.3 is 5.11 Å². The summed E-state index contributed by atoms with van der Waals surface area (Å²) in [6, 6.07) is 14.3. The highest BCUT2D eigenvalue weighted by Gasteiger charge is 2.35. The number of carbonyl (C=O) groups is 1. The highest BCUT2D eigenvalue weighted by Crippen LogP contribution is 2.32. The minimum Gasteiger partial charge on any atom is -0.380 e. The fraction of sp³-hybridized carbons (Fsp3) is 0.167. The number of hydrogen-bond acceptors (Lipinski definition) is 3. The second kappa shape index (κ2) is 5.63. The van der Waals surface area contributed by atoms with Gasteiger partial charge in [0.05, 0.1) is 16.6 Å². The average molecular weight is 312 g/mol. The Morgan fingerprint density at radius 2 is 1.77 bits per heavy atom. The third-order valence-electron chi connectivity index (χ3n) is 3.80. The maximum absolute atomic E-state index is 12.6.